The molecule has 1 aromatic rings. The molecule has 0 bridgehead atoms. The topological polar surface area (TPSA) is 79.9 Å². The van der Waals surface area contributed by atoms with Gasteiger partial charge in [-0.25, -0.2) is 4.79 Å². The lowest BCUT2D eigenvalue weighted by atomic mass is 10.2. The molecule has 7 heteroatoms. The molecular formula is C16H21N3O4. The van der Waals surface area contributed by atoms with Gasteiger partial charge in [0.1, 0.15) is 0 Å². The molecule has 23 heavy (non-hydrogen) atoms. The summed E-state index contributed by atoms with van der Waals surface area (Å²) in [7, 11) is 0. The molecule has 0 radical (unpaired) electrons. The lowest BCUT2D eigenvalue weighted by molar-refractivity contribution is -0.129. The van der Waals surface area contributed by atoms with Gasteiger partial charge in [-0.1, -0.05) is 6.07 Å². The first-order chi connectivity index (χ1) is 11.1. The number of benzene rings is 1. The zero-order valence-corrected chi connectivity index (χ0v) is 13.1. The number of hydrogen-bond donors (Lipinski definition) is 2. The van der Waals surface area contributed by atoms with Gasteiger partial charge in [0.05, 0.1) is 0 Å². The van der Waals surface area contributed by atoms with Crippen LogP contribution in [0.2, 0.25) is 0 Å². The molecule has 0 saturated heterocycles. The van der Waals surface area contributed by atoms with Gasteiger partial charge in [0.25, 0.3) is 0 Å². The SMILES string of the molecule is CC(=O)N(CCNC(=O)NC1CC1)Cc1ccc2c(c1)OCO2. The lowest BCUT2D eigenvalue weighted by Crippen LogP contribution is -2.42. The van der Waals surface area contributed by atoms with Crippen LogP contribution in [0.4, 0.5) is 4.79 Å². The summed E-state index contributed by atoms with van der Waals surface area (Å²) in [5, 5.41) is 5.63. The molecule has 124 valence electrons. The second-order valence-corrected chi connectivity index (χ2v) is 5.80. The monoisotopic (exact) mass is 319 g/mol. The van der Waals surface area contributed by atoms with Crippen LogP contribution in [0, 0.1) is 0 Å². The van der Waals surface area contributed by atoms with Crippen LogP contribution in [0.1, 0.15) is 25.3 Å². The lowest BCUT2D eigenvalue weighted by Gasteiger charge is -2.21. The molecule has 3 rings (SSSR count). The van der Waals surface area contributed by atoms with Crippen molar-refractivity contribution in [1.82, 2.24) is 15.5 Å². The molecule has 0 atom stereocenters. The Labute approximate surface area is 134 Å². The third-order valence-corrected chi connectivity index (χ3v) is 3.84. The number of nitrogens with zero attached hydrogens (tertiary/aromatic N) is 1. The van der Waals surface area contributed by atoms with E-state index in [1.165, 1.54) is 6.92 Å². The van der Waals surface area contributed by atoms with Crippen LogP contribution in [0.25, 0.3) is 0 Å². The molecule has 3 amide bonds. The molecule has 1 aromatic carbocycles. The fourth-order valence-corrected chi connectivity index (χ4v) is 2.38. The molecule has 0 aromatic heterocycles. The van der Waals surface area contributed by atoms with E-state index in [4.69, 9.17) is 9.47 Å². The second-order valence-electron chi connectivity index (χ2n) is 5.80. The van der Waals surface area contributed by atoms with Crippen molar-refractivity contribution in [2.45, 2.75) is 32.4 Å². The maximum Gasteiger partial charge on any atom is 0.315 e. The normalized spacial score (nSPS) is 15.2. The van der Waals surface area contributed by atoms with Gasteiger partial charge in [0.15, 0.2) is 11.5 Å². The minimum Gasteiger partial charge on any atom is -0.454 e. The summed E-state index contributed by atoms with van der Waals surface area (Å²) >= 11 is 0. The van der Waals surface area contributed by atoms with Gasteiger partial charge in [-0.05, 0) is 30.5 Å². The summed E-state index contributed by atoms with van der Waals surface area (Å²) in [6.07, 6.45) is 2.11. The highest BCUT2D eigenvalue weighted by Crippen LogP contribution is 2.32. The number of carbonyl (C=O) groups is 2. The van der Waals surface area contributed by atoms with Crippen molar-refractivity contribution in [3.05, 3.63) is 23.8 Å². The standard InChI is InChI=1S/C16H21N3O4/c1-11(20)19(7-6-17-16(21)18-13-3-4-13)9-12-2-5-14-15(8-12)23-10-22-14/h2,5,8,13H,3-4,6-7,9-10H2,1H3,(H2,17,18,21). The van der Waals surface area contributed by atoms with Crippen molar-refractivity contribution in [3.8, 4) is 11.5 Å². The van der Waals surface area contributed by atoms with Crippen LogP contribution in [-0.2, 0) is 11.3 Å². The van der Waals surface area contributed by atoms with E-state index in [1.54, 1.807) is 4.90 Å². The molecule has 2 N–H and O–H groups in total. The highest BCUT2D eigenvalue weighted by Gasteiger charge is 2.23. The van der Waals surface area contributed by atoms with Crippen molar-refractivity contribution in [3.63, 3.8) is 0 Å². The van der Waals surface area contributed by atoms with Gasteiger partial charge < -0.3 is 25.0 Å². The summed E-state index contributed by atoms with van der Waals surface area (Å²) in [5.74, 6) is 1.39. The molecule has 0 unspecified atom stereocenters. The third-order valence-electron chi connectivity index (χ3n) is 3.84. The molecule has 1 aliphatic carbocycles. The zero-order valence-electron chi connectivity index (χ0n) is 13.1. The van der Waals surface area contributed by atoms with Crippen molar-refractivity contribution in [1.29, 1.82) is 0 Å². The van der Waals surface area contributed by atoms with Crippen LogP contribution in [-0.4, -0.2) is 42.8 Å². The summed E-state index contributed by atoms with van der Waals surface area (Å²) in [5.41, 5.74) is 0.965. The van der Waals surface area contributed by atoms with E-state index in [2.05, 4.69) is 10.6 Å². The van der Waals surface area contributed by atoms with Crippen LogP contribution >= 0.6 is 0 Å². The van der Waals surface area contributed by atoms with Gasteiger partial charge >= 0.3 is 6.03 Å². The molecular weight excluding hydrogens is 298 g/mol. The Kier molecular flexibility index (Phi) is 4.55. The van der Waals surface area contributed by atoms with Gasteiger partial charge in [-0.15, -0.1) is 0 Å². The third kappa shape index (κ3) is 4.28. The zero-order chi connectivity index (χ0) is 16.2. The maximum atomic E-state index is 11.8. The minimum absolute atomic E-state index is 0.0351. The van der Waals surface area contributed by atoms with E-state index in [0.29, 0.717) is 31.4 Å². The van der Waals surface area contributed by atoms with Crippen LogP contribution < -0.4 is 20.1 Å². The first-order valence-electron chi connectivity index (χ1n) is 7.80. The number of carbonyl (C=O) groups excluding carboxylic acids is 2. The Morgan fingerprint density at radius 1 is 1.26 bits per heavy atom. The Hall–Kier alpha value is -2.44. The van der Waals surface area contributed by atoms with Gasteiger partial charge in [-0.2, -0.15) is 0 Å². The van der Waals surface area contributed by atoms with Crippen molar-refractivity contribution < 1.29 is 19.1 Å². The summed E-state index contributed by atoms with van der Waals surface area (Å²) in [6, 6.07) is 5.80. The van der Waals surface area contributed by atoms with Crippen LogP contribution in [0.5, 0.6) is 11.5 Å². The maximum absolute atomic E-state index is 11.8. The summed E-state index contributed by atoms with van der Waals surface area (Å²) in [4.78, 5) is 25.1. The largest absolute Gasteiger partial charge is 0.454 e. The molecule has 1 aliphatic heterocycles. The van der Waals surface area contributed by atoms with Crippen molar-refractivity contribution in [2.24, 2.45) is 0 Å². The van der Waals surface area contributed by atoms with E-state index in [0.717, 1.165) is 24.2 Å². The Bertz CT molecular complexity index is 601. The summed E-state index contributed by atoms with van der Waals surface area (Å²) < 4.78 is 10.6. The molecule has 1 fully saturated rings. The van der Waals surface area contributed by atoms with E-state index in [-0.39, 0.29) is 18.7 Å². The van der Waals surface area contributed by atoms with Crippen molar-refractivity contribution in [2.75, 3.05) is 19.9 Å². The van der Waals surface area contributed by atoms with Crippen LogP contribution in [0.3, 0.4) is 0 Å². The summed E-state index contributed by atoms with van der Waals surface area (Å²) in [6.45, 7) is 3.11. The fourth-order valence-electron chi connectivity index (χ4n) is 2.38. The number of rotatable bonds is 6. The predicted octanol–water partition coefficient (Wildman–Crippen LogP) is 1.23. The Morgan fingerprint density at radius 2 is 2.04 bits per heavy atom. The average Bonchev–Trinajstić information content (AvgIpc) is 3.20. The van der Waals surface area contributed by atoms with E-state index in [9.17, 15) is 9.59 Å². The van der Waals surface area contributed by atoms with Gasteiger partial charge in [0.2, 0.25) is 12.7 Å². The number of ether oxygens (including phenoxy) is 2. The first kappa shape index (κ1) is 15.5. The smallest absolute Gasteiger partial charge is 0.315 e. The Balaban J connectivity index is 1.50. The number of urea groups is 1. The first-order valence-corrected chi connectivity index (χ1v) is 7.80. The number of amides is 3. The minimum atomic E-state index is -0.168. The molecule has 1 saturated carbocycles. The molecule has 2 aliphatic rings. The molecule has 1 heterocycles. The highest BCUT2D eigenvalue weighted by atomic mass is 16.7. The van der Waals surface area contributed by atoms with E-state index < -0.39 is 0 Å². The van der Waals surface area contributed by atoms with Gasteiger partial charge in [-0.3, -0.25) is 4.79 Å². The predicted molar refractivity (Wildman–Crippen MR) is 83.2 cm³/mol. The van der Waals surface area contributed by atoms with E-state index in [1.807, 2.05) is 18.2 Å². The Morgan fingerprint density at radius 3 is 2.78 bits per heavy atom. The number of fused-ring (bicyclic) bond motifs is 1. The average molecular weight is 319 g/mol. The number of hydrogen-bond acceptors (Lipinski definition) is 4. The van der Waals surface area contributed by atoms with Crippen LogP contribution in [0.15, 0.2) is 18.2 Å². The highest BCUT2D eigenvalue weighted by molar-refractivity contribution is 5.75. The molecule has 0 spiro atoms. The number of nitrogens with one attached hydrogen (secondary N) is 2. The van der Waals surface area contributed by atoms with Gasteiger partial charge in [0, 0.05) is 32.6 Å². The molecule has 7 nitrogen and oxygen atoms in total. The van der Waals surface area contributed by atoms with E-state index >= 15 is 0 Å². The van der Waals surface area contributed by atoms with Crippen molar-refractivity contribution >= 4 is 11.9 Å². The second kappa shape index (κ2) is 6.76. The quantitative estimate of drug-likeness (QED) is 0.826. The fraction of sp³-hybridized carbons (Fsp3) is 0.500.